The number of esters is 1. The van der Waals surface area contributed by atoms with Gasteiger partial charge in [0, 0.05) is 25.3 Å². The van der Waals surface area contributed by atoms with Gasteiger partial charge in [-0.15, -0.1) is 0 Å². The molecule has 0 radical (unpaired) electrons. The third-order valence-electron chi connectivity index (χ3n) is 5.91. The Bertz CT molecular complexity index is 925. The van der Waals surface area contributed by atoms with E-state index in [1.807, 2.05) is 12.1 Å². The van der Waals surface area contributed by atoms with Gasteiger partial charge in [0.25, 0.3) is 0 Å². The first kappa shape index (κ1) is 29.3. The molecule has 1 aliphatic rings. The highest BCUT2D eigenvalue weighted by Gasteiger charge is 2.42. The molecule has 10 nitrogen and oxygen atoms in total. The number of rotatable bonds is 11. The van der Waals surface area contributed by atoms with Gasteiger partial charge in [0.2, 0.25) is 11.8 Å². The van der Waals surface area contributed by atoms with E-state index in [1.165, 1.54) is 4.90 Å². The molecule has 0 aliphatic carbocycles. The van der Waals surface area contributed by atoms with Crippen molar-refractivity contribution >= 4 is 23.6 Å². The van der Waals surface area contributed by atoms with Gasteiger partial charge in [-0.05, 0) is 44.9 Å². The van der Waals surface area contributed by atoms with E-state index in [-0.39, 0.29) is 44.0 Å². The lowest BCUT2D eigenvalue weighted by molar-refractivity contribution is -0.157. The van der Waals surface area contributed by atoms with Gasteiger partial charge in [0.15, 0.2) is 5.78 Å². The van der Waals surface area contributed by atoms with Gasteiger partial charge in [-0.25, -0.2) is 0 Å². The number of aliphatic hydroxyl groups excluding tert-OH is 2. The van der Waals surface area contributed by atoms with Crippen LogP contribution in [0.1, 0.15) is 52.5 Å². The number of carbonyl (C=O) groups excluding carboxylic acids is 4. The van der Waals surface area contributed by atoms with E-state index in [4.69, 9.17) is 9.47 Å². The van der Waals surface area contributed by atoms with E-state index in [0.29, 0.717) is 12.2 Å². The smallest absolute Gasteiger partial charge is 0.307 e. The molecule has 1 heterocycles. The van der Waals surface area contributed by atoms with E-state index in [1.54, 1.807) is 46.9 Å². The van der Waals surface area contributed by atoms with Gasteiger partial charge in [-0.2, -0.15) is 0 Å². The fourth-order valence-corrected chi connectivity index (χ4v) is 3.97. The molecule has 36 heavy (non-hydrogen) atoms. The Morgan fingerprint density at radius 2 is 1.75 bits per heavy atom. The minimum absolute atomic E-state index is 0.0199. The second-order valence-corrected chi connectivity index (χ2v) is 10.2. The normalized spacial score (nSPS) is 20.5. The van der Waals surface area contributed by atoms with Crippen LogP contribution >= 0.6 is 0 Å². The number of β-amino-alcohol motifs (C(OH)–C–C–N with tert-alkyl or cyclic N) is 1. The standard InChI is InChI=1S/C26H38N2O8/c1-16(12-23(32)36-26(2,3)4)25(34)27-14-18(29)8-11-22(31)28-15-21(30)24(33)20(28)13-17-6-9-19(35-5)10-7-17/h6-7,9-10,16,20-21,24,30,33H,8,11-15H2,1-5H3,(H,27,34)/t16-,20-,21+,24+/m1/s1. The average Bonchev–Trinajstić information content (AvgIpc) is 3.08. The molecule has 0 unspecified atom stereocenters. The molecule has 0 aromatic heterocycles. The number of aliphatic hydroxyl groups is 2. The van der Waals surface area contributed by atoms with Crippen molar-refractivity contribution in [2.24, 2.45) is 5.92 Å². The molecule has 2 amide bonds. The van der Waals surface area contributed by atoms with E-state index >= 15 is 0 Å². The lowest BCUT2D eigenvalue weighted by Crippen LogP contribution is -2.41. The Morgan fingerprint density at radius 3 is 2.33 bits per heavy atom. The molecule has 1 aromatic rings. The van der Waals surface area contributed by atoms with Crippen molar-refractivity contribution in [3.63, 3.8) is 0 Å². The molecule has 1 fully saturated rings. The minimum Gasteiger partial charge on any atom is -0.497 e. The first-order chi connectivity index (χ1) is 16.8. The maximum atomic E-state index is 12.8. The molecule has 0 saturated carbocycles. The molecule has 1 aliphatic heterocycles. The highest BCUT2D eigenvalue weighted by molar-refractivity contribution is 5.90. The third-order valence-corrected chi connectivity index (χ3v) is 5.91. The van der Waals surface area contributed by atoms with Crippen LogP contribution in [0.2, 0.25) is 0 Å². The lowest BCUT2D eigenvalue weighted by atomic mass is 10.0. The van der Waals surface area contributed by atoms with Gasteiger partial charge in [0.1, 0.15) is 17.5 Å². The third kappa shape index (κ3) is 8.91. The number of amides is 2. The van der Waals surface area contributed by atoms with Crippen molar-refractivity contribution in [2.45, 2.75) is 77.2 Å². The number of benzene rings is 1. The molecule has 2 rings (SSSR count). The molecule has 3 N–H and O–H groups in total. The summed E-state index contributed by atoms with van der Waals surface area (Å²) in [5, 5.41) is 23.1. The van der Waals surface area contributed by atoms with Crippen LogP contribution < -0.4 is 10.1 Å². The van der Waals surface area contributed by atoms with Gasteiger partial charge < -0.3 is 29.9 Å². The van der Waals surface area contributed by atoms with Crippen molar-refractivity contribution in [1.82, 2.24) is 10.2 Å². The summed E-state index contributed by atoms with van der Waals surface area (Å²) >= 11 is 0. The molecular formula is C26H38N2O8. The fourth-order valence-electron chi connectivity index (χ4n) is 3.97. The number of Topliss-reactive ketones (excluding diaryl/α,β-unsaturated/α-hetero) is 1. The van der Waals surface area contributed by atoms with Gasteiger partial charge >= 0.3 is 5.97 Å². The summed E-state index contributed by atoms with van der Waals surface area (Å²) in [6, 6.07) is 6.59. The zero-order chi connectivity index (χ0) is 27.0. The van der Waals surface area contributed by atoms with Crippen molar-refractivity contribution in [3.8, 4) is 5.75 Å². The zero-order valence-electron chi connectivity index (χ0n) is 21.7. The highest BCUT2D eigenvalue weighted by atomic mass is 16.6. The van der Waals surface area contributed by atoms with Crippen LogP contribution in [0.3, 0.4) is 0 Å². The van der Waals surface area contributed by atoms with Crippen LogP contribution in [-0.4, -0.2) is 82.7 Å². The molecule has 4 atom stereocenters. The lowest BCUT2D eigenvalue weighted by Gasteiger charge is -2.26. The number of methoxy groups -OCH3 is 1. The quantitative estimate of drug-likeness (QED) is 0.378. The molecular weight excluding hydrogens is 468 g/mol. The van der Waals surface area contributed by atoms with E-state index in [2.05, 4.69) is 5.32 Å². The van der Waals surface area contributed by atoms with Crippen molar-refractivity contribution in [2.75, 3.05) is 20.2 Å². The number of hydrogen-bond acceptors (Lipinski definition) is 8. The molecule has 1 saturated heterocycles. The van der Waals surface area contributed by atoms with E-state index in [0.717, 1.165) is 5.56 Å². The molecule has 10 heteroatoms. The predicted molar refractivity (Wildman–Crippen MR) is 131 cm³/mol. The Kier molecular flexibility index (Phi) is 10.4. The molecule has 1 aromatic carbocycles. The van der Waals surface area contributed by atoms with E-state index < -0.39 is 41.6 Å². The molecule has 0 spiro atoms. The number of ether oxygens (including phenoxy) is 2. The first-order valence-electron chi connectivity index (χ1n) is 12.1. The van der Waals surface area contributed by atoms with Crippen LogP contribution in [0, 0.1) is 5.92 Å². The number of likely N-dealkylation sites (tertiary alicyclic amines) is 1. The highest BCUT2D eigenvalue weighted by Crippen LogP contribution is 2.24. The summed E-state index contributed by atoms with van der Waals surface area (Å²) < 4.78 is 10.3. The van der Waals surface area contributed by atoms with E-state index in [9.17, 15) is 29.4 Å². The Morgan fingerprint density at radius 1 is 1.11 bits per heavy atom. The summed E-state index contributed by atoms with van der Waals surface area (Å²) in [6.45, 7) is 6.50. The SMILES string of the molecule is COc1ccc(C[C@@H]2[C@H](O)[C@@H](O)CN2C(=O)CCC(=O)CNC(=O)[C@H](C)CC(=O)OC(C)(C)C)cc1. The zero-order valence-corrected chi connectivity index (χ0v) is 21.7. The number of nitrogens with one attached hydrogen (secondary N) is 1. The molecule has 200 valence electrons. The maximum absolute atomic E-state index is 12.8. The van der Waals surface area contributed by atoms with Gasteiger partial charge in [0.05, 0.1) is 32.2 Å². The summed E-state index contributed by atoms with van der Waals surface area (Å²) in [5.74, 6) is -1.63. The van der Waals surface area contributed by atoms with Gasteiger partial charge in [-0.1, -0.05) is 19.1 Å². The van der Waals surface area contributed by atoms with Crippen LogP contribution in [0.15, 0.2) is 24.3 Å². The van der Waals surface area contributed by atoms with Crippen LogP contribution in [0.25, 0.3) is 0 Å². The maximum Gasteiger partial charge on any atom is 0.307 e. The summed E-state index contributed by atoms with van der Waals surface area (Å²) in [5.41, 5.74) is 0.219. The van der Waals surface area contributed by atoms with Crippen LogP contribution in [0.5, 0.6) is 5.75 Å². The second kappa shape index (κ2) is 12.8. The monoisotopic (exact) mass is 506 g/mol. The van der Waals surface area contributed by atoms with Crippen molar-refractivity contribution < 1.29 is 38.9 Å². The minimum atomic E-state index is -1.10. The van der Waals surface area contributed by atoms with Crippen molar-refractivity contribution in [1.29, 1.82) is 0 Å². The first-order valence-corrected chi connectivity index (χ1v) is 12.1. The van der Waals surface area contributed by atoms with Crippen molar-refractivity contribution in [3.05, 3.63) is 29.8 Å². The van der Waals surface area contributed by atoms with Gasteiger partial charge in [-0.3, -0.25) is 19.2 Å². The molecule has 0 bridgehead atoms. The number of ketones is 1. The van der Waals surface area contributed by atoms with Crippen LogP contribution in [-0.2, 0) is 30.3 Å². The Balaban J connectivity index is 1.82. The number of carbonyl (C=O) groups is 4. The summed E-state index contributed by atoms with van der Waals surface area (Å²) in [4.78, 5) is 50.6. The Labute approximate surface area is 211 Å². The summed E-state index contributed by atoms with van der Waals surface area (Å²) in [7, 11) is 1.56. The van der Waals surface area contributed by atoms with Crippen LogP contribution in [0.4, 0.5) is 0 Å². The topological polar surface area (TPSA) is 142 Å². The largest absolute Gasteiger partial charge is 0.497 e. The predicted octanol–water partition coefficient (Wildman–Crippen LogP) is 1.00. The number of nitrogens with zero attached hydrogens (tertiary/aromatic N) is 1. The number of hydrogen-bond donors (Lipinski definition) is 3. The second-order valence-electron chi connectivity index (χ2n) is 10.2. The average molecular weight is 507 g/mol. The Hall–Kier alpha value is -2.98. The summed E-state index contributed by atoms with van der Waals surface area (Å²) in [6.07, 6.45) is -2.15. The fraction of sp³-hybridized carbons (Fsp3) is 0.615.